The highest BCUT2D eigenvalue weighted by molar-refractivity contribution is 8.00. The Kier molecular flexibility index (Phi) is 4.14. The molecule has 1 N–H and O–H groups in total. The summed E-state index contributed by atoms with van der Waals surface area (Å²) in [4.78, 5) is 12.1. The van der Waals surface area contributed by atoms with Gasteiger partial charge in [-0.05, 0) is 77.0 Å². The molecule has 1 heterocycles. The molecule has 0 spiro atoms. The maximum atomic E-state index is 12.1. The van der Waals surface area contributed by atoms with Gasteiger partial charge < -0.3 is 9.73 Å². The van der Waals surface area contributed by atoms with E-state index in [1.54, 1.807) is 0 Å². The molecule has 4 fully saturated rings. The molecule has 132 valence electrons. The molecule has 1 aromatic heterocycles. The lowest BCUT2D eigenvalue weighted by Gasteiger charge is -2.55. The highest BCUT2D eigenvalue weighted by Crippen LogP contribution is 2.60. The standard InChI is InChI=1S/C18H27N3O2S/c1-10(2)19-15(22)11(3)24-17-21-20-16(23-17)18-7-12-4-13(8-18)6-14(5-12)9-18/h10-14H,4-9H2,1-3H3,(H,19,22)/t11-,12?,13?,14?,18?/m1/s1. The summed E-state index contributed by atoms with van der Waals surface area (Å²) in [7, 11) is 0. The number of carbonyl (C=O) groups is 1. The largest absolute Gasteiger partial charge is 0.415 e. The number of hydrogen-bond donors (Lipinski definition) is 1. The van der Waals surface area contributed by atoms with Crippen molar-refractivity contribution in [2.45, 2.75) is 81.2 Å². The predicted molar refractivity (Wildman–Crippen MR) is 92.7 cm³/mol. The zero-order valence-corrected chi connectivity index (χ0v) is 15.6. The van der Waals surface area contributed by atoms with Gasteiger partial charge in [0, 0.05) is 11.5 Å². The summed E-state index contributed by atoms with van der Waals surface area (Å²) < 4.78 is 6.06. The second-order valence-corrected chi connectivity index (χ2v) is 9.79. The van der Waals surface area contributed by atoms with E-state index < -0.39 is 0 Å². The zero-order chi connectivity index (χ0) is 16.9. The monoisotopic (exact) mass is 349 g/mol. The summed E-state index contributed by atoms with van der Waals surface area (Å²) in [5, 5.41) is 11.9. The SMILES string of the molecule is CC(C)NC(=O)[C@@H](C)Sc1nnc(C23CC4CC(CC(C4)C2)C3)o1. The van der Waals surface area contributed by atoms with Gasteiger partial charge in [-0.25, -0.2) is 0 Å². The minimum atomic E-state index is -0.225. The van der Waals surface area contributed by atoms with Crippen LogP contribution in [0.3, 0.4) is 0 Å². The minimum absolute atomic E-state index is 0.0181. The van der Waals surface area contributed by atoms with Gasteiger partial charge in [-0.3, -0.25) is 4.79 Å². The second-order valence-electron chi connectivity index (χ2n) is 8.49. The van der Waals surface area contributed by atoms with Gasteiger partial charge in [0.1, 0.15) is 0 Å². The van der Waals surface area contributed by atoms with Crippen molar-refractivity contribution in [1.82, 2.24) is 15.5 Å². The third-order valence-electron chi connectivity index (χ3n) is 5.98. The summed E-state index contributed by atoms with van der Waals surface area (Å²) >= 11 is 1.37. The minimum Gasteiger partial charge on any atom is -0.415 e. The third kappa shape index (κ3) is 2.98. The quantitative estimate of drug-likeness (QED) is 0.824. The van der Waals surface area contributed by atoms with Gasteiger partial charge in [0.25, 0.3) is 5.22 Å². The lowest BCUT2D eigenvalue weighted by molar-refractivity contribution is -0.120. The highest BCUT2D eigenvalue weighted by atomic mass is 32.2. The molecule has 0 aromatic carbocycles. The normalized spacial score (nSPS) is 35.4. The van der Waals surface area contributed by atoms with E-state index in [0.717, 1.165) is 23.6 Å². The Morgan fingerprint density at radius 2 is 1.71 bits per heavy atom. The van der Waals surface area contributed by atoms with Crippen molar-refractivity contribution in [3.63, 3.8) is 0 Å². The molecule has 24 heavy (non-hydrogen) atoms. The Labute approximate surface area is 147 Å². The molecule has 4 saturated carbocycles. The lowest BCUT2D eigenvalue weighted by Crippen LogP contribution is -2.48. The molecule has 5 nitrogen and oxygen atoms in total. The Bertz CT molecular complexity index is 592. The number of aromatic nitrogens is 2. The fourth-order valence-electron chi connectivity index (χ4n) is 5.45. The number of carbonyl (C=O) groups excluding carboxylic acids is 1. The maximum Gasteiger partial charge on any atom is 0.277 e. The number of nitrogens with zero attached hydrogens (tertiary/aromatic N) is 2. The van der Waals surface area contributed by atoms with Crippen molar-refractivity contribution in [1.29, 1.82) is 0 Å². The third-order valence-corrected chi connectivity index (χ3v) is 6.91. The van der Waals surface area contributed by atoms with Gasteiger partial charge in [-0.2, -0.15) is 0 Å². The highest BCUT2D eigenvalue weighted by Gasteiger charge is 2.54. The van der Waals surface area contributed by atoms with E-state index in [9.17, 15) is 4.79 Å². The van der Waals surface area contributed by atoms with E-state index in [0.29, 0.717) is 5.22 Å². The van der Waals surface area contributed by atoms with Crippen molar-refractivity contribution < 1.29 is 9.21 Å². The van der Waals surface area contributed by atoms with Crippen LogP contribution < -0.4 is 5.32 Å². The van der Waals surface area contributed by atoms with Crippen LogP contribution in [0, 0.1) is 17.8 Å². The molecule has 0 aliphatic heterocycles. The van der Waals surface area contributed by atoms with Gasteiger partial charge in [0.05, 0.1) is 5.25 Å². The van der Waals surface area contributed by atoms with E-state index >= 15 is 0 Å². The fraction of sp³-hybridized carbons (Fsp3) is 0.833. The first kappa shape index (κ1) is 16.4. The van der Waals surface area contributed by atoms with Crippen molar-refractivity contribution >= 4 is 17.7 Å². The zero-order valence-electron chi connectivity index (χ0n) is 14.7. The van der Waals surface area contributed by atoms with Crippen LogP contribution in [-0.2, 0) is 10.2 Å². The summed E-state index contributed by atoms with van der Waals surface area (Å²) in [6, 6.07) is 0.144. The molecular weight excluding hydrogens is 322 g/mol. The average Bonchev–Trinajstić information content (AvgIpc) is 2.94. The summed E-state index contributed by atoms with van der Waals surface area (Å²) in [6.07, 6.45) is 7.86. The summed E-state index contributed by atoms with van der Waals surface area (Å²) in [5.74, 6) is 3.42. The number of nitrogens with one attached hydrogen (secondary N) is 1. The maximum absolute atomic E-state index is 12.1. The molecule has 4 aliphatic rings. The van der Waals surface area contributed by atoms with Gasteiger partial charge in [-0.1, -0.05) is 11.8 Å². The van der Waals surface area contributed by atoms with Crippen molar-refractivity contribution in [3.8, 4) is 0 Å². The smallest absolute Gasteiger partial charge is 0.277 e. The van der Waals surface area contributed by atoms with Gasteiger partial charge in [0.2, 0.25) is 11.8 Å². The Balaban J connectivity index is 1.46. The first-order valence-electron chi connectivity index (χ1n) is 9.24. The van der Waals surface area contributed by atoms with Crippen LogP contribution in [0.2, 0.25) is 0 Å². The van der Waals surface area contributed by atoms with Crippen molar-refractivity contribution in [3.05, 3.63) is 5.89 Å². The van der Waals surface area contributed by atoms with Crippen LogP contribution >= 0.6 is 11.8 Å². The molecule has 0 radical (unpaired) electrons. The van der Waals surface area contributed by atoms with Gasteiger partial charge in [-0.15, -0.1) is 10.2 Å². The molecule has 1 amide bonds. The molecule has 5 rings (SSSR count). The van der Waals surface area contributed by atoms with Crippen LogP contribution in [0.1, 0.15) is 65.2 Å². The summed E-state index contributed by atoms with van der Waals surface area (Å²) in [5.41, 5.74) is 0.129. The average molecular weight is 350 g/mol. The van der Waals surface area contributed by atoms with Crippen molar-refractivity contribution in [2.75, 3.05) is 0 Å². The van der Waals surface area contributed by atoms with E-state index in [2.05, 4.69) is 15.5 Å². The molecule has 1 atom stereocenters. The van der Waals surface area contributed by atoms with Crippen LogP contribution in [0.4, 0.5) is 0 Å². The molecule has 6 heteroatoms. The van der Waals surface area contributed by atoms with E-state index in [4.69, 9.17) is 4.42 Å². The van der Waals surface area contributed by atoms with E-state index in [1.807, 2.05) is 20.8 Å². The van der Waals surface area contributed by atoms with Gasteiger partial charge in [0.15, 0.2) is 0 Å². The molecule has 4 bridgehead atoms. The number of rotatable bonds is 5. The van der Waals surface area contributed by atoms with E-state index in [-0.39, 0.29) is 22.6 Å². The fourth-order valence-corrected chi connectivity index (χ4v) is 6.14. The van der Waals surface area contributed by atoms with Crippen LogP contribution in [0.25, 0.3) is 0 Å². The lowest BCUT2D eigenvalue weighted by atomic mass is 9.49. The van der Waals surface area contributed by atoms with Gasteiger partial charge >= 0.3 is 0 Å². The van der Waals surface area contributed by atoms with Crippen LogP contribution in [0.5, 0.6) is 0 Å². The number of hydrogen-bond acceptors (Lipinski definition) is 5. The summed E-state index contributed by atoms with van der Waals surface area (Å²) in [6.45, 7) is 5.82. The molecule has 0 saturated heterocycles. The number of thioether (sulfide) groups is 1. The first-order valence-corrected chi connectivity index (χ1v) is 10.1. The predicted octanol–water partition coefficient (Wildman–Crippen LogP) is 3.54. The second kappa shape index (κ2) is 6.04. The molecule has 0 unspecified atom stereocenters. The Morgan fingerprint density at radius 1 is 1.12 bits per heavy atom. The van der Waals surface area contributed by atoms with Crippen molar-refractivity contribution in [2.24, 2.45) is 17.8 Å². The first-order chi connectivity index (χ1) is 11.4. The van der Waals surface area contributed by atoms with E-state index in [1.165, 1.54) is 50.3 Å². The molecule has 4 aliphatic carbocycles. The molecule has 1 aromatic rings. The Morgan fingerprint density at radius 3 is 2.25 bits per heavy atom. The topological polar surface area (TPSA) is 68.0 Å². The molecular formula is C18H27N3O2S. The van der Waals surface area contributed by atoms with Crippen LogP contribution in [0.15, 0.2) is 9.64 Å². The number of amides is 1. The Hall–Kier alpha value is -1.04. The van der Waals surface area contributed by atoms with Crippen LogP contribution in [-0.4, -0.2) is 27.4 Å².